The van der Waals surface area contributed by atoms with E-state index in [9.17, 15) is 13.7 Å². The summed E-state index contributed by atoms with van der Waals surface area (Å²) in [5.41, 5.74) is 1.77. The molecule has 0 aliphatic rings. The Hall–Kier alpha value is -2.94. The van der Waals surface area contributed by atoms with Gasteiger partial charge in [0.2, 0.25) is 10.0 Å². The maximum absolute atomic E-state index is 12.9. The summed E-state index contributed by atoms with van der Waals surface area (Å²) < 4.78 is 28.6. The average molecular weight is 348 g/mol. The summed E-state index contributed by atoms with van der Waals surface area (Å²) in [6.45, 7) is 0. The number of nitrogens with one attached hydrogen (secondary N) is 1. The highest BCUT2D eigenvalue weighted by Gasteiger charge is 2.24. The van der Waals surface area contributed by atoms with E-state index in [4.69, 9.17) is 0 Å². The van der Waals surface area contributed by atoms with Gasteiger partial charge >= 0.3 is 0 Å². The van der Waals surface area contributed by atoms with Gasteiger partial charge in [-0.3, -0.25) is 0 Å². The molecule has 0 radical (unpaired) electrons. The largest absolute Gasteiger partial charge is 0.242 e. The Bertz CT molecular complexity index is 955. The zero-order valence-electron chi connectivity index (χ0n) is 13.3. The van der Waals surface area contributed by atoms with E-state index in [2.05, 4.69) is 4.72 Å². The first-order chi connectivity index (χ1) is 12.1. The number of nitriles is 1. The highest BCUT2D eigenvalue weighted by molar-refractivity contribution is 7.89. The second kappa shape index (κ2) is 7.31. The van der Waals surface area contributed by atoms with Crippen LogP contribution in [0.2, 0.25) is 0 Å². The predicted octanol–water partition coefficient (Wildman–Crippen LogP) is 3.63. The normalized spacial score (nSPS) is 11.2. The maximum atomic E-state index is 12.9. The van der Waals surface area contributed by atoms with Crippen LogP contribution in [0.3, 0.4) is 0 Å². The second-order valence-corrected chi connectivity index (χ2v) is 7.17. The predicted molar refractivity (Wildman–Crippen MR) is 96.2 cm³/mol. The molecular formula is C20H16N2O2S. The van der Waals surface area contributed by atoms with Gasteiger partial charge in [-0.25, -0.2) is 8.42 Å². The van der Waals surface area contributed by atoms with Crippen molar-refractivity contribution in [3.8, 4) is 6.07 Å². The van der Waals surface area contributed by atoms with E-state index in [1.54, 1.807) is 12.1 Å². The Balaban J connectivity index is 2.05. The van der Waals surface area contributed by atoms with Crippen molar-refractivity contribution in [2.24, 2.45) is 0 Å². The molecule has 0 bridgehead atoms. The standard InChI is InChI=1S/C20H16N2O2S/c21-15-18-13-7-8-14-19(18)25(23,24)22-20(16-9-3-1-4-10-16)17-11-5-2-6-12-17/h1-14,20,22H. The first kappa shape index (κ1) is 16.9. The summed E-state index contributed by atoms with van der Waals surface area (Å²) >= 11 is 0. The van der Waals surface area contributed by atoms with Gasteiger partial charge < -0.3 is 0 Å². The number of hydrogen-bond donors (Lipinski definition) is 1. The van der Waals surface area contributed by atoms with Crippen molar-refractivity contribution in [3.63, 3.8) is 0 Å². The SMILES string of the molecule is N#Cc1ccccc1S(=O)(=O)NC(c1ccccc1)c1ccccc1. The van der Waals surface area contributed by atoms with Crippen molar-refractivity contribution in [3.05, 3.63) is 102 Å². The zero-order valence-corrected chi connectivity index (χ0v) is 14.1. The number of hydrogen-bond acceptors (Lipinski definition) is 3. The average Bonchev–Trinajstić information content (AvgIpc) is 2.67. The van der Waals surface area contributed by atoms with Crippen LogP contribution in [0.15, 0.2) is 89.8 Å². The van der Waals surface area contributed by atoms with Crippen LogP contribution in [0, 0.1) is 11.3 Å². The Morgan fingerprint density at radius 3 is 1.76 bits per heavy atom. The van der Waals surface area contributed by atoms with Crippen molar-refractivity contribution in [2.45, 2.75) is 10.9 Å². The lowest BCUT2D eigenvalue weighted by molar-refractivity contribution is 0.572. The second-order valence-electron chi connectivity index (χ2n) is 5.48. The highest BCUT2D eigenvalue weighted by Crippen LogP contribution is 2.25. The highest BCUT2D eigenvalue weighted by atomic mass is 32.2. The van der Waals surface area contributed by atoms with E-state index in [-0.39, 0.29) is 10.5 Å². The molecule has 0 unspecified atom stereocenters. The maximum Gasteiger partial charge on any atom is 0.242 e. The summed E-state index contributed by atoms with van der Waals surface area (Å²) in [5, 5.41) is 9.21. The minimum absolute atomic E-state index is 0.0191. The third-order valence-electron chi connectivity index (χ3n) is 3.84. The molecule has 0 saturated heterocycles. The van der Waals surface area contributed by atoms with Gasteiger partial charge in [0.25, 0.3) is 0 Å². The molecule has 4 nitrogen and oxygen atoms in total. The molecule has 3 aromatic carbocycles. The van der Waals surface area contributed by atoms with Crippen molar-refractivity contribution < 1.29 is 8.42 Å². The minimum Gasteiger partial charge on any atom is -0.207 e. The smallest absolute Gasteiger partial charge is 0.207 e. The van der Waals surface area contributed by atoms with Crippen molar-refractivity contribution in [2.75, 3.05) is 0 Å². The molecule has 0 aliphatic heterocycles. The van der Waals surface area contributed by atoms with Crippen LogP contribution in [-0.2, 0) is 10.0 Å². The summed E-state index contributed by atoms with van der Waals surface area (Å²) in [6, 6.07) is 26.3. The lowest BCUT2D eigenvalue weighted by Gasteiger charge is -2.20. The summed E-state index contributed by atoms with van der Waals surface area (Å²) in [7, 11) is -3.87. The molecule has 0 fully saturated rings. The van der Waals surface area contributed by atoms with Crippen LogP contribution >= 0.6 is 0 Å². The lowest BCUT2D eigenvalue weighted by Crippen LogP contribution is -2.30. The molecule has 124 valence electrons. The van der Waals surface area contributed by atoms with E-state index in [0.717, 1.165) is 11.1 Å². The van der Waals surface area contributed by atoms with Gasteiger partial charge in [-0.05, 0) is 23.3 Å². The molecule has 0 amide bonds. The molecule has 0 aliphatic carbocycles. The van der Waals surface area contributed by atoms with Gasteiger partial charge in [0.1, 0.15) is 6.07 Å². The topological polar surface area (TPSA) is 70.0 Å². The van der Waals surface area contributed by atoms with Crippen LogP contribution in [0.1, 0.15) is 22.7 Å². The van der Waals surface area contributed by atoms with E-state index in [1.165, 1.54) is 12.1 Å². The third-order valence-corrected chi connectivity index (χ3v) is 5.32. The van der Waals surface area contributed by atoms with Crippen molar-refractivity contribution in [1.82, 2.24) is 4.72 Å². The van der Waals surface area contributed by atoms with E-state index in [0.29, 0.717) is 0 Å². The van der Waals surface area contributed by atoms with Gasteiger partial charge in [0.05, 0.1) is 16.5 Å². The Morgan fingerprint density at radius 1 is 0.760 bits per heavy atom. The van der Waals surface area contributed by atoms with Gasteiger partial charge in [-0.1, -0.05) is 72.8 Å². The minimum atomic E-state index is -3.87. The van der Waals surface area contributed by atoms with Gasteiger partial charge in [-0.15, -0.1) is 0 Å². The van der Waals surface area contributed by atoms with E-state index < -0.39 is 16.1 Å². The molecule has 0 saturated carbocycles. The fourth-order valence-electron chi connectivity index (χ4n) is 2.63. The monoisotopic (exact) mass is 348 g/mol. The fourth-order valence-corrected chi connectivity index (χ4v) is 4.00. The van der Waals surface area contributed by atoms with Gasteiger partial charge in [-0.2, -0.15) is 9.98 Å². The Kier molecular flexibility index (Phi) is 4.94. The number of sulfonamides is 1. The number of rotatable bonds is 5. The first-order valence-electron chi connectivity index (χ1n) is 7.73. The van der Waals surface area contributed by atoms with Crippen LogP contribution in [0.5, 0.6) is 0 Å². The Morgan fingerprint density at radius 2 is 1.24 bits per heavy atom. The van der Waals surface area contributed by atoms with Gasteiger partial charge in [0, 0.05) is 0 Å². The fraction of sp³-hybridized carbons (Fsp3) is 0.0500. The molecular weight excluding hydrogens is 332 g/mol. The molecule has 0 atom stereocenters. The van der Waals surface area contributed by atoms with Crippen LogP contribution in [0.25, 0.3) is 0 Å². The van der Waals surface area contributed by atoms with Crippen LogP contribution in [-0.4, -0.2) is 8.42 Å². The molecule has 1 N–H and O–H groups in total. The molecule has 5 heteroatoms. The molecule has 3 aromatic rings. The van der Waals surface area contributed by atoms with Crippen molar-refractivity contribution in [1.29, 1.82) is 5.26 Å². The quantitative estimate of drug-likeness (QED) is 0.765. The number of nitrogens with zero attached hydrogens (tertiary/aromatic N) is 1. The van der Waals surface area contributed by atoms with E-state index >= 15 is 0 Å². The summed E-state index contributed by atoms with van der Waals surface area (Å²) in [4.78, 5) is -0.0191. The third kappa shape index (κ3) is 3.77. The number of benzene rings is 3. The summed E-state index contributed by atoms with van der Waals surface area (Å²) in [6.07, 6.45) is 0. The Labute approximate surface area is 147 Å². The molecule has 0 aromatic heterocycles. The lowest BCUT2D eigenvalue weighted by atomic mass is 10.00. The van der Waals surface area contributed by atoms with Gasteiger partial charge in [0.15, 0.2) is 0 Å². The van der Waals surface area contributed by atoms with Crippen molar-refractivity contribution >= 4 is 10.0 Å². The molecule has 25 heavy (non-hydrogen) atoms. The van der Waals surface area contributed by atoms with Crippen LogP contribution in [0.4, 0.5) is 0 Å². The van der Waals surface area contributed by atoms with E-state index in [1.807, 2.05) is 66.7 Å². The molecule has 0 heterocycles. The van der Waals surface area contributed by atoms with Crippen LogP contribution < -0.4 is 4.72 Å². The zero-order chi connectivity index (χ0) is 17.7. The first-order valence-corrected chi connectivity index (χ1v) is 9.21. The molecule has 0 spiro atoms. The molecule has 3 rings (SSSR count). The summed E-state index contributed by atoms with van der Waals surface area (Å²) in [5.74, 6) is 0.